The van der Waals surface area contributed by atoms with E-state index in [0.717, 1.165) is 4.74 Å². The molecule has 7 heteroatoms. The lowest BCUT2D eigenvalue weighted by Crippen LogP contribution is -2.30. The third-order valence-corrected chi connectivity index (χ3v) is 2.25. The molecule has 0 spiro atoms. The van der Waals surface area contributed by atoms with Crippen LogP contribution in [0.15, 0.2) is 14.1 Å². The molecule has 1 aromatic rings. The maximum atomic E-state index is 11.1. The molecule has 0 bridgehead atoms. The number of nitrogens with one attached hydrogen (secondary N) is 2. The molecule has 1 rings (SSSR count). The fraction of sp³-hybridized carbons (Fsp3) is 0.667. The summed E-state index contributed by atoms with van der Waals surface area (Å²) >= 11 is 0. The van der Waals surface area contributed by atoms with Crippen LogP contribution in [-0.4, -0.2) is 28.6 Å². The second-order valence-electron chi connectivity index (χ2n) is 3.59. The molecule has 0 aliphatic heterocycles. The molecule has 0 aliphatic carbocycles. The number of carbonyl (C=O) groups is 1. The van der Waals surface area contributed by atoms with Gasteiger partial charge in [-0.1, -0.05) is 0 Å². The van der Waals surface area contributed by atoms with Crippen molar-refractivity contribution in [2.24, 2.45) is 0 Å². The number of ketones is 1. The predicted molar refractivity (Wildman–Crippen MR) is 56.4 cm³/mol. The molecule has 0 saturated carbocycles. The number of hydrogen-bond donors (Lipinski definition) is 2. The first kappa shape index (κ1) is 12.4. The summed E-state index contributed by atoms with van der Waals surface area (Å²) in [4.78, 5) is 34.7. The van der Waals surface area contributed by atoms with Gasteiger partial charge in [-0.3, -0.25) is 4.79 Å². The molecule has 0 aromatic carbocycles. The van der Waals surface area contributed by atoms with Crippen LogP contribution < -0.4 is 16.8 Å². The van der Waals surface area contributed by atoms with Crippen LogP contribution >= 0.6 is 0 Å². The Hall–Kier alpha value is -1.63. The van der Waals surface area contributed by atoms with E-state index in [-0.39, 0.29) is 18.4 Å². The molecular weight excluding hydrogens is 214 g/mol. The molecule has 1 atom stereocenters. The highest BCUT2D eigenvalue weighted by molar-refractivity contribution is 5.76. The van der Waals surface area contributed by atoms with Crippen molar-refractivity contribution in [1.29, 1.82) is 0 Å². The van der Waals surface area contributed by atoms with Gasteiger partial charge in [-0.2, -0.15) is 4.74 Å². The van der Waals surface area contributed by atoms with Crippen LogP contribution in [0.4, 0.5) is 0 Å². The molecular formula is C9H15N3O4. The van der Waals surface area contributed by atoms with Crippen LogP contribution in [0.25, 0.3) is 0 Å². The number of hydrogen-bond acceptors (Lipinski definition) is 5. The van der Waals surface area contributed by atoms with Crippen LogP contribution in [-0.2, 0) is 11.3 Å². The summed E-state index contributed by atoms with van der Waals surface area (Å²) in [5.41, 5.74) is -0.567. The van der Waals surface area contributed by atoms with Crippen molar-refractivity contribution < 1.29 is 9.32 Å². The lowest BCUT2D eigenvalue weighted by molar-refractivity contribution is -0.117. The standard InChI is InChI=1S/C9H15N3O4/c1-6(13)5-7(10-2)3-4-12-8(14)11-9(15)16-12/h7,10H,3-5H2,1-2H3,(H,11,14,15)/t7-/m0/s1. The molecule has 0 radical (unpaired) electrons. The van der Waals surface area contributed by atoms with Gasteiger partial charge >= 0.3 is 11.4 Å². The lowest BCUT2D eigenvalue weighted by Gasteiger charge is -2.13. The van der Waals surface area contributed by atoms with Crippen LogP contribution in [0.3, 0.4) is 0 Å². The smallest absolute Gasteiger partial charge is 0.317 e. The van der Waals surface area contributed by atoms with Gasteiger partial charge in [0.25, 0.3) is 0 Å². The molecule has 1 heterocycles. The highest BCUT2D eigenvalue weighted by Crippen LogP contribution is 1.99. The van der Waals surface area contributed by atoms with E-state index in [0.29, 0.717) is 12.8 Å². The average molecular weight is 229 g/mol. The quantitative estimate of drug-likeness (QED) is 0.658. The van der Waals surface area contributed by atoms with Crippen molar-refractivity contribution in [2.45, 2.75) is 32.4 Å². The molecule has 7 nitrogen and oxygen atoms in total. The Morgan fingerprint density at radius 3 is 2.69 bits per heavy atom. The third-order valence-electron chi connectivity index (χ3n) is 2.25. The van der Waals surface area contributed by atoms with Crippen molar-refractivity contribution in [2.75, 3.05) is 7.05 Å². The van der Waals surface area contributed by atoms with Gasteiger partial charge in [-0.25, -0.2) is 14.6 Å². The first-order chi connectivity index (χ1) is 7.52. The largest absolute Gasteiger partial charge is 0.440 e. The van der Waals surface area contributed by atoms with Gasteiger partial charge in [0, 0.05) is 12.5 Å². The summed E-state index contributed by atoms with van der Waals surface area (Å²) < 4.78 is 5.55. The van der Waals surface area contributed by atoms with Crippen molar-refractivity contribution in [3.8, 4) is 0 Å². The van der Waals surface area contributed by atoms with Gasteiger partial charge in [0.15, 0.2) is 0 Å². The Balaban J connectivity index is 2.55. The van der Waals surface area contributed by atoms with Crippen molar-refractivity contribution in [1.82, 2.24) is 15.0 Å². The molecule has 90 valence electrons. The maximum absolute atomic E-state index is 11.1. The van der Waals surface area contributed by atoms with Gasteiger partial charge in [0.05, 0.1) is 6.54 Å². The topological polar surface area (TPSA) is 97.1 Å². The second-order valence-corrected chi connectivity index (χ2v) is 3.59. The SMILES string of the molecule is CN[C@@H](CCn1oc(=O)[nH]c1=O)CC(C)=O. The number of carbonyl (C=O) groups excluding carboxylic acids is 1. The average Bonchev–Trinajstić information content (AvgIpc) is 2.51. The number of aromatic nitrogens is 2. The van der Waals surface area contributed by atoms with Crippen molar-refractivity contribution >= 4 is 5.78 Å². The van der Waals surface area contributed by atoms with E-state index in [4.69, 9.17) is 0 Å². The zero-order chi connectivity index (χ0) is 12.1. The molecule has 0 amide bonds. The number of nitrogens with zero attached hydrogens (tertiary/aromatic N) is 1. The van der Waals surface area contributed by atoms with Gasteiger partial charge in [-0.05, 0) is 20.4 Å². The predicted octanol–water partition coefficient (Wildman–Crippen LogP) is -0.913. The number of aromatic amines is 1. The van der Waals surface area contributed by atoms with Crippen LogP contribution in [0.1, 0.15) is 19.8 Å². The number of aryl methyl sites for hydroxylation is 1. The Morgan fingerprint density at radius 2 is 2.25 bits per heavy atom. The van der Waals surface area contributed by atoms with E-state index in [2.05, 4.69) is 9.84 Å². The highest BCUT2D eigenvalue weighted by Gasteiger charge is 2.11. The van der Waals surface area contributed by atoms with Gasteiger partial charge < -0.3 is 9.84 Å². The van der Waals surface area contributed by atoms with Crippen LogP contribution in [0.2, 0.25) is 0 Å². The van der Waals surface area contributed by atoms with Crippen molar-refractivity contribution in [3.05, 3.63) is 21.0 Å². The summed E-state index contributed by atoms with van der Waals surface area (Å²) in [5, 5.41) is 2.96. The van der Waals surface area contributed by atoms with E-state index in [1.54, 1.807) is 7.05 Å². The molecule has 1 aromatic heterocycles. The van der Waals surface area contributed by atoms with Gasteiger partial charge in [0.1, 0.15) is 5.78 Å². The Bertz CT molecular complexity index is 456. The van der Waals surface area contributed by atoms with Crippen LogP contribution in [0.5, 0.6) is 0 Å². The molecule has 0 fully saturated rings. The number of Topliss-reactive ketones (excluding diaryl/α,β-unsaturated/α-hetero) is 1. The highest BCUT2D eigenvalue weighted by atomic mass is 16.5. The maximum Gasteiger partial charge on any atom is 0.440 e. The minimum absolute atomic E-state index is 0.0235. The van der Waals surface area contributed by atoms with E-state index in [1.165, 1.54) is 6.92 Å². The van der Waals surface area contributed by atoms with Crippen molar-refractivity contribution in [3.63, 3.8) is 0 Å². The zero-order valence-corrected chi connectivity index (χ0v) is 9.28. The number of rotatable bonds is 6. The van der Waals surface area contributed by atoms with Crippen LogP contribution in [0, 0.1) is 0 Å². The van der Waals surface area contributed by atoms with Gasteiger partial charge in [-0.15, -0.1) is 0 Å². The Morgan fingerprint density at radius 1 is 1.56 bits per heavy atom. The summed E-state index contributed by atoms with van der Waals surface area (Å²) in [5.74, 6) is -0.695. The van der Waals surface area contributed by atoms with E-state index < -0.39 is 11.4 Å². The minimum Gasteiger partial charge on any atom is -0.317 e. The fourth-order valence-corrected chi connectivity index (χ4v) is 1.43. The third kappa shape index (κ3) is 3.50. The summed E-state index contributed by atoms with van der Waals surface area (Å²) in [7, 11) is 1.74. The van der Waals surface area contributed by atoms with E-state index in [9.17, 15) is 14.4 Å². The van der Waals surface area contributed by atoms with E-state index in [1.807, 2.05) is 4.98 Å². The number of H-pyrrole nitrogens is 1. The molecule has 0 unspecified atom stereocenters. The molecule has 2 N–H and O–H groups in total. The van der Waals surface area contributed by atoms with E-state index >= 15 is 0 Å². The first-order valence-corrected chi connectivity index (χ1v) is 5.00. The lowest BCUT2D eigenvalue weighted by atomic mass is 10.1. The van der Waals surface area contributed by atoms with Gasteiger partial charge in [0.2, 0.25) is 0 Å². The summed E-state index contributed by atoms with van der Waals surface area (Å²) in [6.07, 6.45) is 0.927. The minimum atomic E-state index is -0.766. The Labute approximate surface area is 91.4 Å². The monoisotopic (exact) mass is 229 g/mol. The molecule has 16 heavy (non-hydrogen) atoms. The zero-order valence-electron chi connectivity index (χ0n) is 9.28. The normalized spacial score (nSPS) is 12.6. The molecule has 0 aliphatic rings. The molecule has 0 saturated heterocycles. The summed E-state index contributed by atoms with van der Waals surface area (Å²) in [6, 6.07) is -0.0235. The Kier molecular flexibility index (Phi) is 4.24. The second kappa shape index (κ2) is 5.45. The first-order valence-electron chi connectivity index (χ1n) is 5.00. The fourth-order valence-electron chi connectivity index (χ4n) is 1.43. The summed E-state index contributed by atoms with van der Waals surface area (Å²) in [6.45, 7) is 1.77.